The van der Waals surface area contributed by atoms with Crippen LogP contribution >= 0.6 is 0 Å². The molecule has 1 aliphatic heterocycles. The predicted octanol–water partition coefficient (Wildman–Crippen LogP) is -0.774. The number of nitrogens with zero attached hydrogens (tertiary/aromatic N) is 2. The van der Waals surface area contributed by atoms with E-state index in [0.29, 0.717) is 0 Å². The van der Waals surface area contributed by atoms with Crippen molar-refractivity contribution in [1.82, 2.24) is 9.29 Å². The van der Waals surface area contributed by atoms with Crippen LogP contribution in [0, 0.1) is 0 Å². The number of hydrogen-bond acceptors (Lipinski definition) is 7. The molecule has 0 amide bonds. The van der Waals surface area contributed by atoms with Crippen molar-refractivity contribution in [2.45, 2.75) is 10.9 Å². The third-order valence-corrected chi connectivity index (χ3v) is 4.81. The Morgan fingerprint density at radius 2 is 2.30 bits per heavy atom. The van der Waals surface area contributed by atoms with Gasteiger partial charge in [-0.2, -0.15) is 4.31 Å². The zero-order valence-electron chi connectivity index (χ0n) is 10.9. The van der Waals surface area contributed by atoms with E-state index in [-0.39, 0.29) is 30.5 Å². The van der Waals surface area contributed by atoms with E-state index in [1.54, 1.807) is 0 Å². The molecular weight excluding hydrogens is 286 g/mol. The molecular formula is C11H15N3O5S. The third-order valence-electron chi connectivity index (χ3n) is 2.92. The average molecular weight is 301 g/mol. The van der Waals surface area contributed by atoms with Crippen LogP contribution in [0.4, 0.5) is 5.82 Å². The molecule has 1 atom stereocenters. The number of ether oxygens (including phenoxy) is 2. The van der Waals surface area contributed by atoms with Gasteiger partial charge in [-0.15, -0.1) is 0 Å². The summed E-state index contributed by atoms with van der Waals surface area (Å²) in [5, 5.41) is 0. The van der Waals surface area contributed by atoms with Gasteiger partial charge in [-0.05, 0) is 12.1 Å². The second-order valence-electron chi connectivity index (χ2n) is 4.15. The van der Waals surface area contributed by atoms with E-state index in [1.807, 2.05) is 0 Å². The molecule has 1 aliphatic rings. The minimum atomic E-state index is -3.85. The lowest BCUT2D eigenvalue weighted by Crippen LogP contribution is -2.52. The summed E-state index contributed by atoms with van der Waals surface area (Å²) in [6, 6.07) is 1.75. The van der Waals surface area contributed by atoms with Crippen molar-refractivity contribution in [3.8, 4) is 0 Å². The number of nitrogen functional groups attached to an aromatic ring is 1. The summed E-state index contributed by atoms with van der Waals surface area (Å²) in [5.41, 5.74) is 5.43. The van der Waals surface area contributed by atoms with E-state index in [0.717, 1.165) is 10.5 Å². The lowest BCUT2D eigenvalue weighted by molar-refractivity contribution is -0.149. The first kappa shape index (κ1) is 14.7. The number of aromatic nitrogens is 1. The molecule has 0 saturated carbocycles. The minimum Gasteiger partial charge on any atom is -0.468 e. The van der Waals surface area contributed by atoms with Crippen molar-refractivity contribution in [3.63, 3.8) is 0 Å². The number of pyridine rings is 1. The van der Waals surface area contributed by atoms with Crippen molar-refractivity contribution in [1.29, 1.82) is 0 Å². The van der Waals surface area contributed by atoms with Crippen LogP contribution < -0.4 is 5.73 Å². The Morgan fingerprint density at radius 1 is 1.55 bits per heavy atom. The number of nitrogens with two attached hydrogens (primary N) is 1. The van der Waals surface area contributed by atoms with Crippen LogP contribution in [-0.4, -0.2) is 56.6 Å². The molecule has 0 radical (unpaired) electrons. The Bertz CT molecular complexity index is 587. The molecule has 20 heavy (non-hydrogen) atoms. The Balaban J connectivity index is 2.35. The maximum atomic E-state index is 12.5. The smallest absolute Gasteiger partial charge is 0.326 e. The molecule has 1 saturated heterocycles. The van der Waals surface area contributed by atoms with Crippen molar-refractivity contribution >= 4 is 21.8 Å². The van der Waals surface area contributed by atoms with Crippen molar-refractivity contribution in [2.75, 3.05) is 32.6 Å². The number of morpholine rings is 1. The normalized spacial score (nSPS) is 20.6. The summed E-state index contributed by atoms with van der Waals surface area (Å²) in [4.78, 5) is 15.4. The molecule has 9 heteroatoms. The zero-order valence-corrected chi connectivity index (χ0v) is 11.7. The van der Waals surface area contributed by atoms with Gasteiger partial charge in [-0.25, -0.2) is 13.4 Å². The quantitative estimate of drug-likeness (QED) is 0.729. The Morgan fingerprint density at radius 3 is 2.90 bits per heavy atom. The molecule has 0 aliphatic carbocycles. The van der Waals surface area contributed by atoms with Gasteiger partial charge in [-0.1, -0.05) is 0 Å². The standard InChI is InChI=1S/C11H15N3O5S/c1-18-11(15)9-7-19-5-4-14(9)20(16,17)8-2-3-10(12)13-6-8/h2-3,6,9H,4-5,7H2,1H3,(H2,12,13). The number of carbonyl (C=O) groups excluding carboxylic acids is 1. The summed E-state index contributed by atoms with van der Waals surface area (Å²) in [6.07, 6.45) is 1.16. The van der Waals surface area contributed by atoms with Crippen molar-refractivity contribution in [3.05, 3.63) is 18.3 Å². The number of esters is 1. The van der Waals surface area contributed by atoms with Crippen molar-refractivity contribution < 1.29 is 22.7 Å². The number of rotatable bonds is 3. The topological polar surface area (TPSA) is 112 Å². The van der Waals surface area contributed by atoms with Crippen LogP contribution in [0.2, 0.25) is 0 Å². The molecule has 110 valence electrons. The molecule has 0 bridgehead atoms. The van der Waals surface area contributed by atoms with Gasteiger partial charge >= 0.3 is 5.97 Å². The van der Waals surface area contributed by atoms with Gasteiger partial charge in [0.2, 0.25) is 10.0 Å². The van der Waals surface area contributed by atoms with E-state index in [1.165, 1.54) is 19.2 Å². The molecule has 2 heterocycles. The summed E-state index contributed by atoms with van der Waals surface area (Å²) in [7, 11) is -2.65. The molecule has 1 unspecified atom stereocenters. The van der Waals surface area contributed by atoms with E-state index in [4.69, 9.17) is 10.5 Å². The third kappa shape index (κ3) is 2.74. The maximum Gasteiger partial charge on any atom is 0.326 e. The van der Waals surface area contributed by atoms with Gasteiger partial charge in [0.25, 0.3) is 0 Å². The number of sulfonamides is 1. The summed E-state index contributed by atoms with van der Waals surface area (Å²) >= 11 is 0. The van der Waals surface area contributed by atoms with Gasteiger partial charge in [0, 0.05) is 12.7 Å². The number of carbonyl (C=O) groups is 1. The second kappa shape index (κ2) is 5.73. The molecule has 2 rings (SSSR count). The fourth-order valence-corrected chi connectivity index (χ4v) is 3.37. The van der Waals surface area contributed by atoms with E-state index in [2.05, 4.69) is 9.72 Å². The maximum absolute atomic E-state index is 12.5. The first-order valence-corrected chi connectivity index (χ1v) is 7.30. The molecule has 0 spiro atoms. The van der Waals surface area contributed by atoms with E-state index < -0.39 is 22.0 Å². The van der Waals surface area contributed by atoms with Crippen LogP contribution in [0.5, 0.6) is 0 Å². The first-order valence-electron chi connectivity index (χ1n) is 5.86. The Kier molecular flexibility index (Phi) is 4.21. The van der Waals surface area contributed by atoms with Crippen LogP contribution in [0.25, 0.3) is 0 Å². The summed E-state index contributed by atoms with van der Waals surface area (Å²) in [5.74, 6) is -0.438. The average Bonchev–Trinajstić information content (AvgIpc) is 2.47. The number of anilines is 1. The van der Waals surface area contributed by atoms with Crippen LogP contribution in [0.1, 0.15) is 0 Å². The van der Waals surface area contributed by atoms with Gasteiger partial charge in [0.05, 0.1) is 20.3 Å². The summed E-state index contributed by atoms with van der Waals surface area (Å²) in [6.45, 7) is 0.260. The first-order chi connectivity index (χ1) is 9.46. The fourth-order valence-electron chi connectivity index (χ4n) is 1.88. The molecule has 8 nitrogen and oxygen atoms in total. The van der Waals surface area contributed by atoms with E-state index >= 15 is 0 Å². The highest BCUT2D eigenvalue weighted by Crippen LogP contribution is 2.21. The SMILES string of the molecule is COC(=O)C1COCCN1S(=O)(=O)c1ccc(N)nc1. The molecule has 0 aromatic carbocycles. The van der Waals surface area contributed by atoms with Crippen LogP contribution in [0.15, 0.2) is 23.2 Å². The zero-order chi connectivity index (χ0) is 14.8. The number of methoxy groups -OCH3 is 1. The monoisotopic (exact) mass is 301 g/mol. The van der Waals surface area contributed by atoms with Gasteiger partial charge in [0.1, 0.15) is 16.8 Å². The van der Waals surface area contributed by atoms with E-state index in [9.17, 15) is 13.2 Å². The lowest BCUT2D eigenvalue weighted by Gasteiger charge is -2.32. The fraction of sp³-hybridized carbons (Fsp3) is 0.455. The van der Waals surface area contributed by atoms with Gasteiger partial charge < -0.3 is 15.2 Å². The molecule has 2 N–H and O–H groups in total. The molecule has 1 aromatic rings. The second-order valence-corrected chi connectivity index (χ2v) is 6.04. The molecule has 1 aromatic heterocycles. The minimum absolute atomic E-state index is 0.0255. The van der Waals surface area contributed by atoms with Gasteiger partial charge in [-0.3, -0.25) is 4.79 Å². The predicted molar refractivity (Wildman–Crippen MR) is 69.2 cm³/mol. The highest BCUT2D eigenvalue weighted by Gasteiger charge is 2.39. The van der Waals surface area contributed by atoms with Crippen LogP contribution in [-0.2, 0) is 24.3 Å². The van der Waals surface area contributed by atoms with Crippen molar-refractivity contribution in [2.24, 2.45) is 0 Å². The largest absolute Gasteiger partial charge is 0.468 e. The Labute approximate surface area is 116 Å². The molecule has 1 fully saturated rings. The highest BCUT2D eigenvalue weighted by molar-refractivity contribution is 7.89. The lowest BCUT2D eigenvalue weighted by atomic mass is 10.3. The Hall–Kier alpha value is -1.71. The highest BCUT2D eigenvalue weighted by atomic mass is 32.2. The van der Waals surface area contributed by atoms with Gasteiger partial charge in [0.15, 0.2) is 0 Å². The number of hydrogen-bond donors (Lipinski definition) is 1. The van der Waals surface area contributed by atoms with Crippen LogP contribution in [0.3, 0.4) is 0 Å². The summed E-state index contributed by atoms with van der Waals surface area (Å²) < 4.78 is 35.8.